The molecular weight excluding hydrogens is 281 g/mol. The number of nitrogens with one attached hydrogen (secondary N) is 2. The molecule has 0 radical (unpaired) electrons. The Morgan fingerprint density at radius 2 is 2.11 bits per heavy atom. The van der Waals surface area contributed by atoms with E-state index in [-0.39, 0.29) is 5.69 Å². The van der Waals surface area contributed by atoms with E-state index in [2.05, 4.69) is 10.6 Å². The van der Waals surface area contributed by atoms with Crippen molar-refractivity contribution in [1.82, 2.24) is 5.32 Å². The number of benzene rings is 1. The van der Waals surface area contributed by atoms with E-state index in [0.29, 0.717) is 0 Å². The molecule has 2 amide bonds. The van der Waals surface area contributed by atoms with Gasteiger partial charge in [0.2, 0.25) is 0 Å². The van der Waals surface area contributed by atoms with Crippen LogP contribution in [0.25, 0.3) is 0 Å². The molecule has 0 unspecified atom stereocenters. The first kappa shape index (κ1) is 15.4. The smallest absolute Gasteiger partial charge is 0.315 e. The first-order valence-electron chi connectivity index (χ1n) is 5.44. The number of alkyl halides is 3. The number of halogens is 4. The highest BCUT2D eigenvalue weighted by atomic mass is 35.5. The lowest BCUT2D eigenvalue weighted by molar-refractivity contribution is -0.137. The minimum Gasteiger partial charge on any atom is -0.315 e. The molecule has 0 fully saturated rings. The van der Waals surface area contributed by atoms with Crippen LogP contribution in [0.3, 0.4) is 0 Å². The van der Waals surface area contributed by atoms with Gasteiger partial charge in [0.15, 0.2) is 0 Å². The number of allylic oxidation sites excluding steroid dienone is 1. The normalized spacial score (nSPS) is 11.6. The van der Waals surface area contributed by atoms with Gasteiger partial charge in [-0.25, -0.2) is 4.79 Å². The Kier molecular flexibility index (Phi) is 5.23. The molecule has 0 aliphatic heterocycles. The zero-order valence-corrected chi connectivity index (χ0v) is 10.8. The van der Waals surface area contributed by atoms with E-state index in [1.54, 1.807) is 6.08 Å². The van der Waals surface area contributed by atoms with Crippen molar-refractivity contribution in [2.75, 3.05) is 5.32 Å². The summed E-state index contributed by atoms with van der Waals surface area (Å²) in [6, 6.07) is 2.54. The summed E-state index contributed by atoms with van der Waals surface area (Å²) in [5.41, 5.74) is -0.977. The van der Waals surface area contributed by atoms with E-state index in [1.807, 2.05) is 6.92 Å². The van der Waals surface area contributed by atoms with Crippen molar-refractivity contribution in [1.29, 1.82) is 0 Å². The number of urea groups is 1. The summed E-state index contributed by atoms with van der Waals surface area (Å²) in [5.74, 6) is 0. The summed E-state index contributed by atoms with van der Waals surface area (Å²) >= 11 is 5.46. The second-order valence-electron chi connectivity index (χ2n) is 3.60. The third-order valence-corrected chi connectivity index (χ3v) is 2.43. The van der Waals surface area contributed by atoms with Crippen molar-refractivity contribution in [3.05, 3.63) is 41.1 Å². The van der Waals surface area contributed by atoms with Crippen molar-refractivity contribution in [3.8, 4) is 0 Å². The fourth-order valence-electron chi connectivity index (χ4n) is 1.24. The molecule has 0 saturated heterocycles. The molecule has 1 rings (SSSR count). The molecule has 104 valence electrons. The summed E-state index contributed by atoms with van der Waals surface area (Å²) < 4.78 is 37.8. The van der Waals surface area contributed by atoms with Gasteiger partial charge in [-0.05, 0) is 24.6 Å². The zero-order chi connectivity index (χ0) is 14.5. The Balaban J connectivity index is 2.80. The first-order valence-corrected chi connectivity index (χ1v) is 5.81. The number of carbonyl (C=O) groups is 1. The fourth-order valence-corrected chi connectivity index (χ4v) is 1.46. The maximum absolute atomic E-state index is 12.6. The van der Waals surface area contributed by atoms with E-state index in [1.165, 1.54) is 12.3 Å². The Morgan fingerprint density at radius 1 is 1.42 bits per heavy atom. The van der Waals surface area contributed by atoms with Crippen LogP contribution in [0.5, 0.6) is 0 Å². The molecule has 0 saturated carbocycles. The monoisotopic (exact) mass is 292 g/mol. The number of hydrogen-bond acceptors (Lipinski definition) is 1. The molecule has 7 heteroatoms. The topological polar surface area (TPSA) is 41.1 Å². The zero-order valence-electron chi connectivity index (χ0n) is 10.0. The second-order valence-corrected chi connectivity index (χ2v) is 4.01. The van der Waals surface area contributed by atoms with Gasteiger partial charge in [-0.2, -0.15) is 13.2 Å². The first-order chi connectivity index (χ1) is 8.84. The van der Waals surface area contributed by atoms with E-state index in [9.17, 15) is 18.0 Å². The van der Waals surface area contributed by atoms with E-state index in [4.69, 9.17) is 11.6 Å². The number of anilines is 1. The van der Waals surface area contributed by atoms with E-state index < -0.39 is 22.8 Å². The van der Waals surface area contributed by atoms with Crippen LogP contribution in [0.15, 0.2) is 30.5 Å². The van der Waals surface area contributed by atoms with E-state index in [0.717, 1.165) is 18.6 Å². The standard InChI is InChI=1S/C12H12ClF3N2O/c1-2-3-6-17-11(19)18-8-4-5-10(13)9(7-8)12(14,15)16/h3-7H,2H2,1H3,(H2,17,18,19)/b6-3+. The van der Waals surface area contributed by atoms with Crippen LogP contribution in [-0.2, 0) is 6.18 Å². The predicted octanol–water partition coefficient (Wildman–Crippen LogP) is 4.40. The van der Waals surface area contributed by atoms with Crippen molar-refractivity contribution >= 4 is 23.3 Å². The number of rotatable bonds is 3. The number of carbonyl (C=O) groups excluding carboxylic acids is 1. The maximum Gasteiger partial charge on any atom is 0.417 e. The van der Waals surface area contributed by atoms with Crippen LogP contribution >= 0.6 is 11.6 Å². The SMILES string of the molecule is CC/C=C/NC(=O)Nc1ccc(Cl)c(C(F)(F)F)c1. The van der Waals surface area contributed by atoms with Gasteiger partial charge in [0, 0.05) is 11.9 Å². The average molecular weight is 293 g/mol. The molecule has 2 N–H and O–H groups in total. The highest BCUT2D eigenvalue weighted by Gasteiger charge is 2.33. The van der Waals surface area contributed by atoms with Gasteiger partial charge in [0.1, 0.15) is 0 Å². The maximum atomic E-state index is 12.6. The van der Waals surface area contributed by atoms with E-state index >= 15 is 0 Å². The van der Waals surface area contributed by atoms with Crippen LogP contribution in [0.1, 0.15) is 18.9 Å². The minimum absolute atomic E-state index is 0.0131. The molecular formula is C12H12ClF3N2O. The molecule has 0 aliphatic carbocycles. The largest absolute Gasteiger partial charge is 0.417 e. The summed E-state index contributed by atoms with van der Waals surface area (Å²) in [6.07, 6.45) is -0.717. The Bertz CT molecular complexity index is 486. The van der Waals surface area contributed by atoms with Crippen molar-refractivity contribution < 1.29 is 18.0 Å². The van der Waals surface area contributed by atoms with Crippen LogP contribution in [-0.4, -0.2) is 6.03 Å². The molecule has 1 aromatic carbocycles. The Hall–Kier alpha value is -1.69. The summed E-state index contributed by atoms with van der Waals surface area (Å²) in [4.78, 5) is 11.3. The molecule has 1 aromatic rings. The predicted molar refractivity (Wildman–Crippen MR) is 68.0 cm³/mol. The number of hydrogen-bond donors (Lipinski definition) is 2. The van der Waals surface area contributed by atoms with Gasteiger partial charge in [0.25, 0.3) is 0 Å². The Labute approximate surface area is 113 Å². The lowest BCUT2D eigenvalue weighted by Gasteiger charge is -2.11. The van der Waals surface area contributed by atoms with Gasteiger partial charge in [-0.3, -0.25) is 0 Å². The second kappa shape index (κ2) is 6.47. The molecule has 0 atom stereocenters. The molecule has 3 nitrogen and oxygen atoms in total. The number of amides is 2. The average Bonchev–Trinajstić information content (AvgIpc) is 2.30. The van der Waals surface area contributed by atoms with Crippen LogP contribution in [0.4, 0.5) is 23.7 Å². The minimum atomic E-state index is -4.56. The van der Waals surface area contributed by atoms with Gasteiger partial charge < -0.3 is 10.6 Å². The third kappa shape index (κ3) is 4.82. The third-order valence-electron chi connectivity index (χ3n) is 2.10. The van der Waals surface area contributed by atoms with Crippen molar-refractivity contribution in [2.24, 2.45) is 0 Å². The summed E-state index contributed by atoms with van der Waals surface area (Å²) in [6.45, 7) is 1.88. The van der Waals surface area contributed by atoms with Crippen LogP contribution < -0.4 is 10.6 Å². The highest BCUT2D eigenvalue weighted by Crippen LogP contribution is 2.36. The molecule has 0 aromatic heterocycles. The quantitative estimate of drug-likeness (QED) is 0.851. The lowest BCUT2D eigenvalue weighted by atomic mass is 10.2. The molecule has 0 heterocycles. The Morgan fingerprint density at radius 3 is 2.68 bits per heavy atom. The van der Waals surface area contributed by atoms with Gasteiger partial charge in [-0.15, -0.1) is 0 Å². The van der Waals surface area contributed by atoms with Crippen molar-refractivity contribution in [3.63, 3.8) is 0 Å². The molecule has 0 aliphatic rings. The van der Waals surface area contributed by atoms with Gasteiger partial charge >= 0.3 is 12.2 Å². The molecule has 0 bridgehead atoms. The fraction of sp³-hybridized carbons (Fsp3) is 0.250. The molecule has 0 spiro atoms. The van der Waals surface area contributed by atoms with Crippen LogP contribution in [0, 0.1) is 0 Å². The highest BCUT2D eigenvalue weighted by molar-refractivity contribution is 6.31. The van der Waals surface area contributed by atoms with Gasteiger partial charge in [0.05, 0.1) is 10.6 Å². The van der Waals surface area contributed by atoms with Crippen LogP contribution in [0.2, 0.25) is 5.02 Å². The summed E-state index contributed by atoms with van der Waals surface area (Å²) in [7, 11) is 0. The van der Waals surface area contributed by atoms with Gasteiger partial charge in [-0.1, -0.05) is 24.6 Å². The lowest BCUT2D eigenvalue weighted by Crippen LogP contribution is -2.24. The summed E-state index contributed by atoms with van der Waals surface area (Å²) in [5, 5.41) is 4.23. The molecule has 19 heavy (non-hydrogen) atoms. The van der Waals surface area contributed by atoms with Crippen molar-refractivity contribution in [2.45, 2.75) is 19.5 Å².